The van der Waals surface area contributed by atoms with Crippen molar-refractivity contribution >= 4 is 17.3 Å². The van der Waals surface area contributed by atoms with Gasteiger partial charge in [-0.2, -0.15) is 18.3 Å². The summed E-state index contributed by atoms with van der Waals surface area (Å²) in [5.41, 5.74) is 3.75. The largest absolute Gasteiger partial charge is 0.416 e. The monoisotopic (exact) mass is 552 g/mol. The molecule has 2 aromatic carbocycles. The summed E-state index contributed by atoms with van der Waals surface area (Å²) in [6, 6.07) is 9.16. The highest BCUT2D eigenvalue weighted by atomic mass is 19.4. The Hall–Kier alpha value is -4.19. The third kappa shape index (κ3) is 5.71. The van der Waals surface area contributed by atoms with Crippen LogP contribution in [0.15, 0.2) is 48.8 Å². The highest BCUT2D eigenvalue weighted by Crippen LogP contribution is 2.35. The Balaban J connectivity index is 1.40. The van der Waals surface area contributed by atoms with E-state index in [1.807, 2.05) is 32.8 Å². The highest BCUT2D eigenvalue weighted by Gasteiger charge is 2.32. The topological polar surface area (TPSA) is 95.0 Å². The highest BCUT2D eigenvalue weighted by molar-refractivity contribution is 6.05. The normalized spacial score (nSPS) is 14.7. The molecule has 1 aliphatic rings. The molecule has 1 fully saturated rings. The van der Waals surface area contributed by atoms with Crippen LogP contribution in [0.25, 0.3) is 16.9 Å². The van der Waals surface area contributed by atoms with Crippen molar-refractivity contribution in [2.75, 3.05) is 37.4 Å². The zero-order valence-corrected chi connectivity index (χ0v) is 22.8. The minimum Gasteiger partial charge on any atom is -0.371 e. The first-order chi connectivity index (χ1) is 19.0. The third-order valence-electron chi connectivity index (χ3n) is 7.38. The number of anilines is 2. The number of amides is 1. The number of hydrogen-bond acceptors (Lipinski definition) is 6. The van der Waals surface area contributed by atoms with E-state index in [2.05, 4.69) is 30.7 Å². The van der Waals surface area contributed by atoms with Crippen LogP contribution in [0.2, 0.25) is 0 Å². The number of piperidine rings is 1. The summed E-state index contributed by atoms with van der Waals surface area (Å²) in [4.78, 5) is 17.3. The summed E-state index contributed by atoms with van der Waals surface area (Å²) in [6.45, 7) is 5.02. The van der Waals surface area contributed by atoms with Crippen molar-refractivity contribution in [2.45, 2.75) is 38.9 Å². The van der Waals surface area contributed by atoms with Gasteiger partial charge in [0, 0.05) is 47.3 Å². The molecule has 3 heterocycles. The summed E-state index contributed by atoms with van der Waals surface area (Å²) in [5, 5.41) is 18.0. The van der Waals surface area contributed by atoms with Gasteiger partial charge in [-0.3, -0.25) is 9.89 Å². The molecule has 4 aromatic rings. The molecule has 5 rings (SSSR count). The Morgan fingerprint density at radius 1 is 1.10 bits per heavy atom. The Bertz CT molecular complexity index is 1520. The molecule has 40 heavy (non-hydrogen) atoms. The molecule has 0 bridgehead atoms. The quantitative estimate of drug-likeness (QED) is 0.347. The van der Waals surface area contributed by atoms with Gasteiger partial charge in [0.15, 0.2) is 0 Å². The van der Waals surface area contributed by atoms with Gasteiger partial charge in [-0.15, -0.1) is 5.10 Å². The van der Waals surface area contributed by atoms with Gasteiger partial charge in [-0.25, -0.2) is 4.68 Å². The minimum atomic E-state index is -4.55. The summed E-state index contributed by atoms with van der Waals surface area (Å²) in [6.07, 6.45) is 0.545. The van der Waals surface area contributed by atoms with Crippen LogP contribution in [0, 0.1) is 13.8 Å². The molecule has 0 radical (unpaired) electrons. The van der Waals surface area contributed by atoms with Gasteiger partial charge in [0.25, 0.3) is 5.91 Å². The van der Waals surface area contributed by atoms with Crippen LogP contribution in [-0.2, 0) is 6.18 Å². The van der Waals surface area contributed by atoms with E-state index in [1.54, 1.807) is 41.3 Å². The number of carbonyl (C=O) groups is 1. The Morgan fingerprint density at radius 3 is 2.50 bits per heavy atom. The predicted octanol–water partition coefficient (Wildman–Crippen LogP) is 5.08. The number of aromatic nitrogens is 5. The van der Waals surface area contributed by atoms with Gasteiger partial charge in [-0.05, 0) is 76.7 Å². The molecular weight excluding hydrogens is 521 g/mol. The standard InChI is InChI=1S/C28H31F3N8O/c1-17-5-6-19(11-26(17)39-16-25(35-36-39)24-15-32-34-18(24)2)27(40)33-21-12-20(28(29,30)31)13-23(14-21)38-9-7-22(8-10-38)37(3)4/h5-6,11-16,22H,7-10H2,1-4H3,(H,32,34)(H,33,40). The number of rotatable bonds is 6. The van der Waals surface area contributed by atoms with Crippen molar-refractivity contribution in [1.82, 2.24) is 30.1 Å². The van der Waals surface area contributed by atoms with E-state index in [4.69, 9.17) is 0 Å². The molecule has 0 atom stereocenters. The first kappa shape index (κ1) is 27.4. The summed E-state index contributed by atoms with van der Waals surface area (Å²) in [7, 11) is 4.02. The lowest BCUT2D eigenvalue weighted by atomic mass is 10.0. The molecule has 9 nitrogen and oxygen atoms in total. The van der Waals surface area contributed by atoms with Crippen LogP contribution in [0.4, 0.5) is 24.5 Å². The van der Waals surface area contributed by atoms with Crippen LogP contribution in [0.3, 0.4) is 0 Å². The van der Waals surface area contributed by atoms with E-state index in [1.165, 1.54) is 0 Å². The SMILES string of the molecule is Cc1ccc(C(=O)Nc2cc(N3CCC(N(C)C)CC3)cc(C(F)(F)F)c2)cc1-n1cc(-c2cn[nH]c2C)nn1. The zero-order chi connectivity index (χ0) is 28.6. The number of halogens is 3. The number of aromatic amines is 1. The number of nitrogens with zero attached hydrogens (tertiary/aromatic N) is 6. The fraction of sp³-hybridized carbons (Fsp3) is 0.357. The summed E-state index contributed by atoms with van der Waals surface area (Å²) >= 11 is 0. The maximum absolute atomic E-state index is 13.8. The molecular formula is C28H31F3N8O. The zero-order valence-electron chi connectivity index (χ0n) is 22.8. The lowest BCUT2D eigenvalue weighted by Gasteiger charge is -2.36. The molecule has 0 aliphatic carbocycles. The molecule has 2 aromatic heterocycles. The van der Waals surface area contributed by atoms with Crippen molar-refractivity contribution in [2.24, 2.45) is 0 Å². The van der Waals surface area contributed by atoms with Crippen molar-refractivity contribution in [3.05, 3.63) is 71.2 Å². The van der Waals surface area contributed by atoms with Crippen LogP contribution in [0.1, 0.15) is 40.0 Å². The average Bonchev–Trinajstić information content (AvgIpc) is 3.57. The fourth-order valence-corrected chi connectivity index (χ4v) is 4.98. The second kappa shape index (κ2) is 10.8. The third-order valence-corrected chi connectivity index (χ3v) is 7.38. The van der Waals surface area contributed by atoms with Crippen LogP contribution in [0.5, 0.6) is 0 Å². The average molecular weight is 553 g/mol. The molecule has 0 saturated carbocycles. The molecule has 0 unspecified atom stereocenters. The number of H-pyrrole nitrogens is 1. The smallest absolute Gasteiger partial charge is 0.371 e. The molecule has 210 valence electrons. The Kier molecular flexibility index (Phi) is 7.37. The molecule has 1 saturated heterocycles. The van der Waals surface area contributed by atoms with Crippen LogP contribution >= 0.6 is 0 Å². The predicted molar refractivity (Wildman–Crippen MR) is 147 cm³/mol. The summed E-state index contributed by atoms with van der Waals surface area (Å²) < 4.78 is 43.0. The van der Waals surface area contributed by atoms with Crippen LogP contribution in [-0.4, -0.2) is 69.2 Å². The second-order valence-corrected chi connectivity index (χ2v) is 10.4. The summed E-state index contributed by atoms with van der Waals surface area (Å²) in [5.74, 6) is -0.524. The Morgan fingerprint density at radius 2 is 1.85 bits per heavy atom. The number of aryl methyl sites for hydroxylation is 2. The van der Waals surface area contributed by atoms with Gasteiger partial charge in [0.2, 0.25) is 0 Å². The van der Waals surface area contributed by atoms with Crippen molar-refractivity contribution in [3.63, 3.8) is 0 Å². The van der Waals surface area contributed by atoms with Gasteiger partial charge in [0.1, 0.15) is 5.69 Å². The number of alkyl halides is 3. The maximum atomic E-state index is 13.8. The van der Waals surface area contributed by atoms with Gasteiger partial charge >= 0.3 is 6.18 Å². The minimum absolute atomic E-state index is 0.0881. The first-order valence-electron chi connectivity index (χ1n) is 13.0. The van der Waals surface area contributed by atoms with Crippen molar-refractivity contribution in [1.29, 1.82) is 0 Å². The molecule has 2 N–H and O–H groups in total. The molecule has 1 aliphatic heterocycles. The molecule has 0 spiro atoms. The first-order valence-corrected chi connectivity index (χ1v) is 13.0. The number of benzene rings is 2. The Labute approximate surface area is 230 Å². The maximum Gasteiger partial charge on any atom is 0.416 e. The lowest BCUT2D eigenvalue weighted by molar-refractivity contribution is -0.137. The van der Waals surface area contributed by atoms with E-state index in [0.717, 1.165) is 41.8 Å². The second-order valence-electron chi connectivity index (χ2n) is 10.4. The van der Waals surface area contributed by atoms with E-state index in [9.17, 15) is 18.0 Å². The lowest BCUT2D eigenvalue weighted by Crippen LogP contribution is -2.42. The molecule has 12 heteroatoms. The number of hydrogen-bond donors (Lipinski definition) is 2. The van der Waals surface area contributed by atoms with Crippen molar-refractivity contribution < 1.29 is 18.0 Å². The van der Waals surface area contributed by atoms with E-state index >= 15 is 0 Å². The fourth-order valence-electron chi connectivity index (χ4n) is 4.98. The van der Waals surface area contributed by atoms with Gasteiger partial charge in [-0.1, -0.05) is 11.3 Å². The van der Waals surface area contributed by atoms with E-state index in [-0.39, 0.29) is 11.3 Å². The van der Waals surface area contributed by atoms with Gasteiger partial charge < -0.3 is 15.1 Å². The number of carbonyl (C=O) groups excluding carboxylic acids is 1. The molecule has 1 amide bonds. The van der Waals surface area contributed by atoms with Crippen LogP contribution < -0.4 is 10.2 Å². The van der Waals surface area contributed by atoms with E-state index in [0.29, 0.717) is 36.2 Å². The van der Waals surface area contributed by atoms with Crippen molar-refractivity contribution in [3.8, 4) is 16.9 Å². The van der Waals surface area contributed by atoms with Gasteiger partial charge in [0.05, 0.1) is 23.6 Å². The van der Waals surface area contributed by atoms with E-state index < -0.39 is 17.6 Å². The number of nitrogens with one attached hydrogen (secondary N) is 2.